The molecule has 9 nitrogen and oxygen atoms in total. The van der Waals surface area contributed by atoms with Crippen molar-refractivity contribution in [2.75, 3.05) is 11.9 Å². The van der Waals surface area contributed by atoms with Crippen molar-refractivity contribution >= 4 is 17.2 Å². The highest BCUT2D eigenvalue weighted by molar-refractivity contribution is 6.07. The second-order valence-electron chi connectivity index (χ2n) is 7.59. The number of phenols is 1. The first kappa shape index (κ1) is 28.3. The summed E-state index contributed by atoms with van der Waals surface area (Å²) >= 11 is 0. The third kappa shape index (κ3) is 6.16. The SMILES string of the molecule is N=C(/C=C(\NCc1ccc(O)cc1F)c1ccon1)c1ncc(F)c(NCC(O)(C(F)(F)F)C(F)(F)F)n1. The monoisotopic (exact) mass is 552 g/mol. The van der Waals surface area contributed by atoms with Crippen molar-refractivity contribution in [1.82, 2.24) is 20.4 Å². The summed E-state index contributed by atoms with van der Waals surface area (Å²) in [6.07, 6.45) is -9.75. The standard InChI is InChI=1S/C21H16F8N6O3/c22-12-5-11(36)2-1-10(12)7-31-16(15-3-4-38-35-15)6-14(30)18-32-8-13(23)17(34-18)33-9-19(37,20(24,25)26)21(27,28)29/h1-6,8,30-31,36-37H,7,9H2,(H,32,33,34)/b16-6-,30-14?. The Morgan fingerprint density at radius 1 is 1.05 bits per heavy atom. The Balaban J connectivity index is 1.86. The van der Waals surface area contributed by atoms with Gasteiger partial charge < -0.3 is 25.4 Å². The number of halogens is 8. The lowest BCUT2D eigenvalue weighted by atomic mass is 10.0. The van der Waals surface area contributed by atoms with Gasteiger partial charge in [-0.15, -0.1) is 0 Å². The van der Waals surface area contributed by atoms with E-state index in [1.165, 1.54) is 23.5 Å². The van der Waals surface area contributed by atoms with Crippen molar-refractivity contribution < 1.29 is 49.9 Å². The van der Waals surface area contributed by atoms with Crippen molar-refractivity contribution in [2.24, 2.45) is 0 Å². The normalized spacial score (nSPS) is 12.9. The lowest BCUT2D eigenvalue weighted by Crippen LogP contribution is -2.61. The molecule has 1 aromatic carbocycles. The zero-order valence-corrected chi connectivity index (χ0v) is 18.6. The maximum absolute atomic E-state index is 14.1. The van der Waals surface area contributed by atoms with E-state index in [0.29, 0.717) is 6.20 Å². The fourth-order valence-electron chi connectivity index (χ4n) is 2.84. The molecule has 0 fully saturated rings. The first-order valence-corrected chi connectivity index (χ1v) is 10.2. The van der Waals surface area contributed by atoms with Gasteiger partial charge in [0.2, 0.25) is 0 Å². The highest BCUT2D eigenvalue weighted by atomic mass is 19.4. The molecule has 0 saturated carbocycles. The number of hydrogen-bond acceptors (Lipinski definition) is 9. The zero-order valence-electron chi connectivity index (χ0n) is 18.6. The summed E-state index contributed by atoms with van der Waals surface area (Å²) in [4.78, 5) is 6.94. The molecule has 204 valence electrons. The molecule has 0 saturated heterocycles. The number of allylic oxidation sites excluding steroid dienone is 1. The summed E-state index contributed by atoms with van der Waals surface area (Å²) in [6.45, 7) is -2.43. The molecule has 38 heavy (non-hydrogen) atoms. The van der Waals surface area contributed by atoms with E-state index in [1.54, 1.807) is 0 Å². The average molecular weight is 552 g/mol. The van der Waals surface area contributed by atoms with Crippen LogP contribution in [0.5, 0.6) is 5.75 Å². The van der Waals surface area contributed by atoms with Gasteiger partial charge in [-0.2, -0.15) is 26.3 Å². The van der Waals surface area contributed by atoms with Gasteiger partial charge in [0.1, 0.15) is 29.2 Å². The van der Waals surface area contributed by atoms with Gasteiger partial charge in [0, 0.05) is 24.2 Å². The van der Waals surface area contributed by atoms with Crippen LogP contribution in [0.2, 0.25) is 0 Å². The summed E-state index contributed by atoms with van der Waals surface area (Å²) < 4.78 is 110. The number of hydrogen-bond donors (Lipinski definition) is 5. The molecular formula is C21H16F8N6O3. The molecule has 0 unspecified atom stereocenters. The van der Waals surface area contributed by atoms with Crippen LogP contribution < -0.4 is 10.6 Å². The number of benzene rings is 1. The Hall–Kier alpha value is -4.28. The van der Waals surface area contributed by atoms with Crippen LogP contribution in [-0.4, -0.2) is 55.5 Å². The van der Waals surface area contributed by atoms with Crippen molar-refractivity contribution in [3.05, 3.63) is 71.5 Å². The molecule has 0 amide bonds. The molecule has 3 aromatic rings. The minimum Gasteiger partial charge on any atom is -0.508 e. The maximum Gasteiger partial charge on any atom is 0.428 e. The largest absolute Gasteiger partial charge is 0.508 e. The Bertz CT molecular complexity index is 1310. The van der Waals surface area contributed by atoms with E-state index in [4.69, 9.17) is 9.93 Å². The van der Waals surface area contributed by atoms with E-state index in [1.807, 2.05) is 0 Å². The van der Waals surface area contributed by atoms with Gasteiger partial charge in [0.05, 0.1) is 18.4 Å². The second kappa shape index (κ2) is 10.6. The molecule has 17 heteroatoms. The fraction of sp³-hybridized carbons (Fsp3) is 0.238. The summed E-state index contributed by atoms with van der Waals surface area (Å²) in [7, 11) is 0. The van der Waals surface area contributed by atoms with Gasteiger partial charge in [-0.3, -0.25) is 5.41 Å². The van der Waals surface area contributed by atoms with Gasteiger partial charge in [-0.05, 0) is 12.1 Å². The number of aliphatic hydroxyl groups is 1. The number of anilines is 1. The number of rotatable bonds is 9. The maximum atomic E-state index is 14.1. The van der Waals surface area contributed by atoms with Crippen molar-refractivity contribution in [2.45, 2.75) is 24.5 Å². The van der Waals surface area contributed by atoms with Crippen LogP contribution in [0.1, 0.15) is 17.1 Å². The van der Waals surface area contributed by atoms with Crippen LogP contribution >= 0.6 is 0 Å². The van der Waals surface area contributed by atoms with Crippen LogP contribution in [-0.2, 0) is 6.54 Å². The van der Waals surface area contributed by atoms with E-state index in [2.05, 4.69) is 20.4 Å². The summed E-state index contributed by atoms with van der Waals surface area (Å²) in [5.74, 6) is -4.34. The van der Waals surface area contributed by atoms with Crippen LogP contribution in [0.15, 0.2) is 47.3 Å². The quantitative estimate of drug-likeness (QED) is 0.199. The van der Waals surface area contributed by atoms with Crippen molar-refractivity contribution in [1.29, 1.82) is 5.41 Å². The van der Waals surface area contributed by atoms with E-state index < -0.39 is 53.5 Å². The van der Waals surface area contributed by atoms with Crippen molar-refractivity contribution in [3.63, 3.8) is 0 Å². The molecule has 0 aliphatic carbocycles. The fourth-order valence-corrected chi connectivity index (χ4v) is 2.84. The molecule has 5 N–H and O–H groups in total. The Labute approximate surface area is 207 Å². The second-order valence-corrected chi connectivity index (χ2v) is 7.59. The molecule has 0 spiro atoms. The highest BCUT2D eigenvalue weighted by Crippen LogP contribution is 2.43. The molecular weight excluding hydrogens is 536 g/mol. The summed E-state index contributed by atoms with van der Waals surface area (Å²) in [5, 5.41) is 34.6. The van der Waals surface area contributed by atoms with Crippen molar-refractivity contribution in [3.8, 4) is 5.75 Å². The first-order chi connectivity index (χ1) is 17.6. The predicted octanol–water partition coefficient (Wildman–Crippen LogP) is 3.91. The molecule has 0 aliphatic heterocycles. The molecule has 2 aromatic heterocycles. The molecule has 0 aliphatic rings. The molecule has 2 heterocycles. The number of nitrogens with one attached hydrogen (secondary N) is 3. The van der Waals surface area contributed by atoms with Gasteiger partial charge in [0.15, 0.2) is 17.5 Å². The van der Waals surface area contributed by atoms with E-state index in [9.17, 15) is 45.3 Å². The number of alkyl halides is 6. The van der Waals surface area contributed by atoms with Crippen LogP contribution in [0, 0.1) is 17.0 Å². The van der Waals surface area contributed by atoms with Gasteiger partial charge in [-0.1, -0.05) is 11.2 Å². The molecule has 3 rings (SSSR count). The third-order valence-electron chi connectivity index (χ3n) is 4.94. The van der Waals surface area contributed by atoms with Crippen LogP contribution in [0.3, 0.4) is 0 Å². The summed E-state index contributed by atoms with van der Waals surface area (Å²) in [5.41, 5.74) is -5.64. The Morgan fingerprint density at radius 3 is 2.32 bits per heavy atom. The third-order valence-corrected chi connectivity index (χ3v) is 4.94. The van der Waals surface area contributed by atoms with E-state index in [-0.39, 0.29) is 29.2 Å². The first-order valence-electron chi connectivity index (χ1n) is 10.2. The van der Waals surface area contributed by atoms with Gasteiger partial charge in [-0.25, -0.2) is 18.7 Å². The highest BCUT2D eigenvalue weighted by Gasteiger charge is 2.70. The molecule has 0 atom stereocenters. The lowest BCUT2D eigenvalue weighted by Gasteiger charge is -2.32. The minimum atomic E-state index is -6.16. The number of aromatic hydroxyl groups is 1. The number of nitrogens with zero attached hydrogens (tertiary/aromatic N) is 3. The predicted molar refractivity (Wildman–Crippen MR) is 114 cm³/mol. The topological polar surface area (TPSA) is 140 Å². The number of aromatic nitrogens is 3. The minimum absolute atomic E-state index is 0.0159. The Morgan fingerprint density at radius 2 is 1.74 bits per heavy atom. The molecule has 0 radical (unpaired) electrons. The average Bonchev–Trinajstić information content (AvgIpc) is 3.35. The number of phenolic OH excluding ortho intramolecular Hbond substituents is 1. The van der Waals surface area contributed by atoms with E-state index in [0.717, 1.165) is 18.4 Å². The van der Waals surface area contributed by atoms with Crippen LogP contribution in [0.25, 0.3) is 5.70 Å². The Kier molecular flexibility index (Phi) is 7.90. The molecule has 0 bridgehead atoms. The van der Waals surface area contributed by atoms with Crippen LogP contribution in [0.4, 0.5) is 40.9 Å². The van der Waals surface area contributed by atoms with E-state index >= 15 is 0 Å². The zero-order chi connectivity index (χ0) is 28.3. The van der Waals surface area contributed by atoms with Gasteiger partial charge in [0.25, 0.3) is 5.60 Å². The lowest BCUT2D eigenvalue weighted by molar-refractivity contribution is -0.362. The summed E-state index contributed by atoms with van der Waals surface area (Å²) in [6, 6.07) is 4.69. The van der Waals surface area contributed by atoms with Gasteiger partial charge >= 0.3 is 12.4 Å². The smallest absolute Gasteiger partial charge is 0.428 e.